The molecule has 2 rings (SSSR count). The van der Waals surface area contributed by atoms with Crippen LogP contribution in [0.5, 0.6) is 0 Å². The summed E-state index contributed by atoms with van der Waals surface area (Å²) in [5.74, 6) is 0.623. The lowest BCUT2D eigenvalue weighted by atomic mass is 9.75. The molecule has 0 bridgehead atoms. The molecular weight excluding hydrogens is 224 g/mol. The third kappa shape index (κ3) is 1.81. The topological polar surface area (TPSA) is 57.1 Å². The molecule has 0 aliphatic heterocycles. The molecule has 1 heterocycles. The summed E-state index contributed by atoms with van der Waals surface area (Å²) >= 11 is 5.18. The Labute approximate surface area is 100 Å². The van der Waals surface area contributed by atoms with Gasteiger partial charge < -0.3 is 14.6 Å². The van der Waals surface area contributed by atoms with Crippen LogP contribution in [0.1, 0.15) is 25.1 Å². The number of likely N-dealkylation sites (N-methyl/N-ethyl adjacent to an activating group) is 1. The summed E-state index contributed by atoms with van der Waals surface area (Å²) in [5.41, 5.74) is 0.187. The summed E-state index contributed by atoms with van der Waals surface area (Å²) in [6.07, 6.45) is 3.62. The molecule has 0 aromatic carbocycles. The van der Waals surface area contributed by atoms with E-state index in [0.29, 0.717) is 10.6 Å². The smallest absolute Gasteiger partial charge is 0.195 e. The van der Waals surface area contributed by atoms with Gasteiger partial charge in [-0.05, 0) is 45.6 Å². The summed E-state index contributed by atoms with van der Waals surface area (Å²) in [5, 5.41) is 15.9. The van der Waals surface area contributed by atoms with Gasteiger partial charge in [-0.2, -0.15) is 5.10 Å². The zero-order valence-electron chi connectivity index (χ0n) is 9.73. The lowest BCUT2D eigenvalue weighted by Gasteiger charge is -2.47. The third-order valence-corrected chi connectivity index (χ3v) is 3.98. The fraction of sp³-hybridized carbons (Fsp3) is 0.800. The van der Waals surface area contributed by atoms with E-state index in [1.807, 2.05) is 4.57 Å². The van der Waals surface area contributed by atoms with E-state index in [-0.39, 0.29) is 12.1 Å². The number of aliphatic hydroxyl groups excluding tert-OH is 1. The van der Waals surface area contributed by atoms with E-state index in [0.717, 1.165) is 6.54 Å². The van der Waals surface area contributed by atoms with Crippen LogP contribution < -0.4 is 0 Å². The Bertz CT molecular complexity index is 419. The van der Waals surface area contributed by atoms with E-state index >= 15 is 0 Å². The first kappa shape index (κ1) is 11.8. The van der Waals surface area contributed by atoms with E-state index in [4.69, 9.17) is 12.2 Å². The van der Waals surface area contributed by atoms with Crippen LogP contribution >= 0.6 is 12.2 Å². The Balaban J connectivity index is 2.25. The number of H-pyrrole nitrogens is 1. The Morgan fingerprint density at radius 3 is 2.69 bits per heavy atom. The van der Waals surface area contributed by atoms with E-state index in [1.54, 1.807) is 0 Å². The van der Waals surface area contributed by atoms with Crippen LogP contribution in [0, 0.1) is 4.77 Å². The molecule has 1 fully saturated rings. The van der Waals surface area contributed by atoms with Gasteiger partial charge in [-0.25, -0.2) is 0 Å². The van der Waals surface area contributed by atoms with Crippen molar-refractivity contribution in [3.8, 4) is 0 Å². The van der Waals surface area contributed by atoms with Gasteiger partial charge in [-0.3, -0.25) is 5.10 Å². The number of rotatable bonds is 4. The van der Waals surface area contributed by atoms with Crippen LogP contribution in [-0.2, 0) is 13.2 Å². The first-order chi connectivity index (χ1) is 7.59. The molecule has 16 heavy (non-hydrogen) atoms. The van der Waals surface area contributed by atoms with Crippen molar-refractivity contribution in [2.45, 2.75) is 38.0 Å². The molecule has 0 spiro atoms. The van der Waals surface area contributed by atoms with Gasteiger partial charge in [-0.1, -0.05) is 0 Å². The van der Waals surface area contributed by atoms with Gasteiger partial charge in [0.25, 0.3) is 0 Å². The minimum atomic E-state index is -0.0728. The van der Waals surface area contributed by atoms with Gasteiger partial charge in [0.15, 0.2) is 10.6 Å². The van der Waals surface area contributed by atoms with Gasteiger partial charge in [0.1, 0.15) is 6.61 Å². The van der Waals surface area contributed by atoms with Crippen LogP contribution in [0.4, 0.5) is 0 Å². The SMILES string of the molecule is CN(C)C1(Cn2c(CO)n[nH]c2=S)CCC1. The second kappa shape index (κ2) is 4.27. The fourth-order valence-electron chi connectivity index (χ4n) is 2.26. The average molecular weight is 242 g/mol. The van der Waals surface area contributed by atoms with Crippen molar-refractivity contribution in [2.24, 2.45) is 0 Å². The molecule has 0 radical (unpaired) electrons. The Morgan fingerprint density at radius 1 is 1.56 bits per heavy atom. The molecule has 1 aliphatic carbocycles. The van der Waals surface area contributed by atoms with E-state index < -0.39 is 0 Å². The normalized spacial score (nSPS) is 18.8. The average Bonchev–Trinajstić information content (AvgIpc) is 2.52. The number of nitrogens with one attached hydrogen (secondary N) is 1. The van der Waals surface area contributed by atoms with Crippen molar-refractivity contribution in [2.75, 3.05) is 14.1 Å². The van der Waals surface area contributed by atoms with Crippen molar-refractivity contribution in [3.05, 3.63) is 10.6 Å². The molecule has 5 nitrogen and oxygen atoms in total. The standard InChI is InChI=1S/C10H18N4OS/c1-13(2)10(4-3-5-10)7-14-8(6-15)11-12-9(14)16/h15H,3-7H2,1-2H3,(H,12,16). The third-order valence-electron chi connectivity index (χ3n) is 3.66. The summed E-state index contributed by atoms with van der Waals surface area (Å²) in [7, 11) is 4.20. The molecule has 0 unspecified atom stereocenters. The Kier molecular flexibility index (Phi) is 3.14. The maximum atomic E-state index is 9.19. The molecule has 6 heteroatoms. The van der Waals surface area contributed by atoms with Crippen LogP contribution in [0.2, 0.25) is 0 Å². The molecular formula is C10H18N4OS. The molecule has 1 saturated carbocycles. The second-order valence-electron chi connectivity index (χ2n) is 4.66. The molecule has 0 amide bonds. The zero-order chi connectivity index (χ0) is 11.8. The van der Waals surface area contributed by atoms with Crippen LogP contribution in [0.3, 0.4) is 0 Å². The van der Waals surface area contributed by atoms with E-state index in [2.05, 4.69) is 29.2 Å². The number of aromatic nitrogens is 3. The fourth-order valence-corrected chi connectivity index (χ4v) is 2.48. The van der Waals surface area contributed by atoms with Crippen molar-refractivity contribution < 1.29 is 5.11 Å². The largest absolute Gasteiger partial charge is 0.388 e. The monoisotopic (exact) mass is 242 g/mol. The minimum absolute atomic E-state index is 0.0728. The summed E-state index contributed by atoms with van der Waals surface area (Å²) in [4.78, 5) is 2.26. The van der Waals surface area contributed by atoms with Gasteiger partial charge >= 0.3 is 0 Å². The summed E-state index contributed by atoms with van der Waals surface area (Å²) in [6, 6.07) is 0. The minimum Gasteiger partial charge on any atom is -0.388 e. The predicted molar refractivity (Wildman–Crippen MR) is 63.6 cm³/mol. The van der Waals surface area contributed by atoms with Gasteiger partial charge in [-0.15, -0.1) is 0 Å². The van der Waals surface area contributed by atoms with Crippen LogP contribution in [-0.4, -0.2) is 44.4 Å². The molecule has 2 N–H and O–H groups in total. The molecule has 90 valence electrons. The van der Waals surface area contributed by atoms with Crippen molar-refractivity contribution in [1.29, 1.82) is 0 Å². The van der Waals surface area contributed by atoms with Crippen LogP contribution in [0.15, 0.2) is 0 Å². The van der Waals surface area contributed by atoms with E-state index in [1.165, 1.54) is 19.3 Å². The number of hydrogen-bond donors (Lipinski definition) is 2. The zero-order valence-corrected chi connectivity index (χ0v) is 10.5. The maximum absolute atomic E-state index is 9.19. The molecule has 1 aromatic heterocycles. The predicted octanol–water partition coefficient (Wildman–Crippen LogP) is 0.917. The second-order valence-corrected chi connectivity index (χ2v) is 5.05. The lowest BCUT2D eigenvalue weighted by molar-refractivity contribution is 0.0401. The highest BCUT2D eigenvalue weighted by molar-refractivity contribution is 7.71. The Morgan fingerprint density at radius 2 is 2.25 bits per heavy atom. The van der Waals surface area contributed by atoms with E-state index in [9.17, 15) is 5.11 Å². The summed E-state index contributed by atoms with van der Waals surface area (Å²) in [6.45, 7) is 0.738. The highest BCUT2D eigenvalue weighted by Crippen LogP contribution is 2.37. The molecule has 1 aromatic rings. The van der Waals surface area contributed by atoms with Crippen molar-refractivity contribution in [1.82, 2.24) is 19.7 Å². The van der Waals surface area contributed by atoms with Crippen LogP contribution in [0.25, 0.3) is 0 Å². The number of aromatic amines is 1. The lowest BCUT2D eigenvalue weighted by Crippen LogP contribution is -2.53. The van der Waals surface area contributed by atoms with Crippen molar-refractivity contribution >= 4 is 12.2 Å². The summed E-state index contributed by atoms with van der Waals surface area (Å²) < 4.78 is 2.51. The molecule has 0 atom stereocenters. The highest BCUT2D eigenvalue weighted by atomic mass is 32.1. The molecule has 0 saturated heterocycles. The first-order valence-electron chi connectivity index (χ1n) is 5.51. The number of hydrogen-bond acceptors (Lipinski definition) is 4. The first-order valence-corrected chi connectivity index (χ1v) is 5.92. The quantitative estimate of drug-likeness (QED) is 0.771. The van der Waals surface area contributed by atoms with Gasteiger partial charge in [0.2, 0.25) is 0 Å². The molecule has 1 aliphatic rings. The number of nitrogens with zero attached hydrogens (tertiary/aromatic N) is 3. The van der Waals surface area contributed by atoms with Crippen molar-refractivity contribution in [3.63, 3.8) is 0 Å². The highest BCUT2D eigenvalue weighted by Gasteiger charge is 2.39. The Hall–Kier alpha value is -0.720. The van der Waals surface area contributed by atoms with Gasteiger partial charge in [0.05, 0.1) is 0 Å². The number of aliphatic hydroxyl groups is 1. The van der Waals surface area contributed by atoms with Gasteiger partial charge in [0, 0.05) is 12.1 Å². The maximum Gasteiger partial charge on any atom is 0.195 e.